The standard InChI is InChI=1S/C49H68N2O8/c1-6-25-51(45(55)24-21-34-15-8-9-16-34)44-32-42(50-59-48(3,4)5)40-30-36(18-10-12-26-52)39(20-11-13-27-53)46-41-31-38(57-37-19-14-17-35(29-37)33-54)22-23-43(41)58-49(44,47(40)46)56-28-7-2/h7,14,17,19,22-23,29-31,33-34,36,39,44,46-47,52-53H,2,6,8-13,15-16,18,20-21,24-28,32H2,1,3-5H3. The van der Waals surface area contributed by atoms with E-state index in [1.165, 1.54) is 25.7 Å². The van der Waals surface area contributed by atoms with Crippen LogP contribution in [0.4, 0.5) is 0 Å². The molecule has 0 saturated heterocycles. The van der Waals surface area contributed by atoms with Gasteiger partial charge in [0.05, 0.1) is 18.2 Å². The lowest BCUT2D eigenvalue weighted by Crippen LogP contribution is -2.70. The van der Waals surface area contributed by atoms with Crippen LogP contribution in [0.15, 0.2) is 71.9 Å². The number of hydrogen-bond acceptors (Lipinski definition) is 9. The first kappa shape index (κ1) is 44.6. The summed E-state index contributed by atoms with van der Waals surface area (Å²) >= 11 is 0. The van der Waals surface area contributed by atoms with Gasteiger partial charge < -0.3 is 34.2 Å². The molecule has 6 rings (SSSR count). The van der Waals surface area contributed by atoms with Gasteiger partial charge in [0.2, 0.25) is 11.7 Å². The van der Waals surface area contributed by atoms with E-state index in [1.807, 2.05) is 43.9 Å². The number of aliphatic hydroxyl groups is 2. The molecule has 2 N–H and O–H groups in total. The van der Waals surface area contributed by atoms with Crippen molar-refractivity contribution in [1.82, 2.24) is 4.90 Å². The molecule has 2 aromatic rings. The Bertz CT molecular complexity index is 1790. The number of oxime groups is 1. The summed E-state index contributed by atoms with van der Waals surface area (Å²) in [6, 6.07) is 12.5. The van der Waals surface area contributed by atoms with Gasteiger partial charge in [0, 0.05) is 49.6 Å². The summed E-state index contributed by atoms with van der Waals surface area (Å²) in [5.74, 6) is 0.905. The molecule has 59 heavy (non-hydrogen) atoms. The largest absolute Gasteiger partial charge is 0.459 e. The lowest BCUT2D eigenvalue weighted by molar-refractivity contribution is -0.257. The number of rotatable bonds is 21. The van der Waals surface area contributed by atoms with Gasteiger partial charge in [-0.3, -0.25) is 9.59 Å². The average molecular weight is 813 g/mol. The molecule has 2 aromatic carbocycles. The molecule has 6 atom stereocenters. The molecule has 2 fully saturated rings. The number of carbonyl (C=O) groups is 2. The Morgan fingerprint density at radius 2 is 1.76 bits per heavy atom. The Balaban J connectivity index is 1.56. The van der Waals surface area contributed by atoms with Crippen LogP contribution in [0.1, 0.15) is 139 Å². The van der Waals surface area contributed by atoms with Gasteiger partial charge in [0.15, 0.2) is 0 Å². The van der Waals surface area contributed by atoms with Crippen molar-refractivity contribution in [1.29, 1.82) is 0 Å². The molecule has 0 bridgehead atoms. The minimum absolute atomic E-state index is 0.0956. The molecule has 1 aliphatic heterocycles. The molecule has 1 amide bonds. The SMILES string of the molecule is C=CCOC12Oc3ccc(Oc4cccc(C=O)c4)cc3C3C(CCCCO)C(CCCCO)C=C(C(=NOC(C)(C)C)CC1N(CCC)C(=O)CCC1CCCC1)C32. The summed E-state index contributed by atoms with van der Waals surface area (Å²) in [4.78, 5) is 34.7. The van der Waals surface area contributed by atoms with E-state index in [-0.39, 0.29) is 49.4 Å². The Morgan fingerprint density at radius 3 is 2.46 bits per heavy atom. The number of aldehydes is 1. The van der Waals surface area contributed by atoms with Gasteiger partial charge in [0.25, 0.3) is 0 Å². The minimum Gasteiger partial charge on any atom is -0.459 e. The fourth-order valence-corrected chi connectivity index (χ4v) is 10.2. The summed E-state index contributed by atoms with van der Waals surface area (Å²) in [6.07, 6.45) is 17.0. The second-order valence-electron chi connectivity index (χ2n) is 18.0. The highest BCUT2D eigenvalue weighted by atomic mass is 16.7. The van der Waals surface area contributed by atoms with Crippen LogP contribution in [0.5, 0.6) is 17.2 Å². The van der Waals surface area contributed by atoms with E-state index in [9.17, 15) is 19.8 Å². The second kappa shape index (κ2) is 20.5. The molecule has 0 spiro atoms. The predicted molar refractivity (Wildman–Crippen MR) is 231 cm³/mol. The van der Waals surface area contributed by atoms with E-state index in [0.717, 1.165) is 61.7 Å². The van der Waals surface area contributed by atoms with Crippen molar-refractivity contribution in [3.05, 3.63) is 77.9 Å². The normalized spacial score (nSPS) is 25.7. The molecular weight excluding hydrogens is 745 g/mol. The predicted octanol–water partition coefficient (Wildman–Crippen LogP) is 9.93. The Labute approximate surface area is 352 Å². The zero-order chi connectivity index (χ0) is 42.0. The number of fused-ring (bicyclic) bond motifs is 2. The van der Waals surface area contributed by atoms with E-state index in [1.54, 1.807) is 24.3 Å². The van der Waals surface area contributed by atoms with E-state index in [4.69, 9.17) is 24.2 Å². The summed E-state index contributed by atoms with van der Waals surface area (Å²) in [6.45, 7) is 13.1. The van der Waals surface area contributed by atoms with Gasteiger partial charge in [-0.15, -0.1) is 6.58 Å². The topological polar surface area (TPSA) is 127 Å². The minimum atomic E-state index is -1.29. The van der Waals surface area contributed by atoms with Crippen LogP contribution in [-0.4, -0.2) is 76.8 Å². The molecule has 10 nitrogen and oxygen atoms in total. The number of carbonyl (C=O) groups excluding carboxylic acids is 2. The van der Waals surface area contributed by atoms with E-state index < -0.39 is 17.4 Å². The number of amides is 1. The van der Waals surface area contributed by atoms with E-state index in [2.05, 4.69) is 25.6 Å². The third kappa shape index (κ3) is 10.5. The smallest absolute Gasteiger partial charge is 0.239 e. The number of nitrogens with zero attached hydrogens (tertiary/aromatic N) is 2. The van der Waals surface area contributed by atoms with Gasteiger partial charge in [-0.25, -0.2) is 0 Å². The maximum atomic E-state index is 14.7. The van der Waals surface area contributed by atoms with Crippen LogP contribution in [0.2, 0.25) is 0 Å². The van der Waals surface area contributed by atoms with Crippen LogP contribution >= 0.6 is 0 Å². The number of allylic oxidation sites excluding steroid dienone is 1. The molecule has 2 saturated carbocycles. The molecule has 3 aliphatic carbocycles. The van der Waals surface area contributed by atoms with Crippen LogP contribution in [0.25, 0.3) is 0 Å². The van der Waals surface area contributed by atoms with E-state index in [0.29, 0.717) is 61.0 Å². The third-order valence-corrected chi connectivity index (χ3v) is 12.7. The van der Waals surface area contributed by atoms with Gasteiger partial charge >= 0.3 is 0 Å². The Kier molecular flexibility index (Phi) is 15.5. The first-order valence-corrected chi connectivity index (χ1v) is 22.3. The third-order valence-electron chi connectivity index (χ3n) is 12.7. The highest BCUT2D eigenvalue weighted by Crippen LogP contribution is 2.62. The summed E-state index contributed by atoms with van der Waals surface area (Å²) in [7, 11) is 0. The zero-order valence-corrected chi connectivity index (χ0v) is 35.9. The van der Waals surface area contributed by atoms with Crippen molar-refractivity contribution >= 4 is 17.9 Å². The number of unbranched alkanes of at least 4 members (excludes halogenated alkanes) is 2. The molecular formula is C49H68N2O8. The lowest BCUT2D eigenvalue weighted by atomic mass is 9.55. The van der Waals surface area contributed by atoms with Crippen molar-refractivity contribution in [2.45, 2.75) is 141 Å². The van der Waals surface area contributed by atoms with Crippen LogP contribution < -0.4 is 9.47 Å². The van der Waals surface area contributed by atoms with Gasteiger partial charge in [-0.2, -0.15) is 0 Å². The van der Waals surface area contributed by atoms with Crippen LogP contribution in [0.3, 0.4) is 0 Å². The highest BCUT2D eigenvalue weighted by molar-refractivity contribution is 6.03. The summed E-state index contributed by atoms with van der Waals surface area (Å²) in [5.41, 5.74) is 2.76. The fourth-order valence-electron chi connectivity index (χ4n) is 10.2. The molecule has 1 heterocycles. The molecule has 0 radical (unpaired) electrons. The zero-order valence-electron chi connectivity index (χ0n) is 35.9. The van der Waals surface area contributed by atoms with Gasteiger partial charge in [-0.1, -0.05) is 74.9 Å². The van der Waals surface area contributed by atoms with Crippen LogP contribution in [0, 0.1) is 23.7 Å². The van der Waals surface area contributed by atoms with E-state index >= 15 is 0 Å². The van der Waals surface area contributed by atoms with Crippen molar-refractivity contribution < 1.29 is 38.9 Å². The Hall–Kier alpha value is -3.99. The number of benzene rings is 2. The molecule has 6 unspecified atom stereocenters. The first-order chi connectivity index (χ1) is 28.5. The second-order valence-corrected chi connectivity index (χ2v) is 18.0. The number of ether oxygens (including phenoxy) is 3. The van der Waals surface area contributed by atoms with Crippen molar-refractivity contribution in [3.8, 4) is 17.2 Å². The maximum Gasteiger partial charge on any atom is 0.239 e. The van der Waals surface area contributed by atoms with Gasteiger partial charge in [0.1, 0.15) is 35.2 Å². The molecule has 10 heteroatoms. The van der Waals surface area contributed by atoms with Crippen molar-refractivity contribution in [2.24, 2.45) is 28.8 Å². The fraction of sp³-hybridized carbons (Fsp3) is 0.612. The number of aliphatic hydroxyl groups excluding tert-OH is 2. The van der Waals surface area contributed by atoms with Crippen molar-refractivity contribution in [3.63, 3.8) is 0 Å². The maximum absolute atomic E-state index is 14.7. The van der Waals surface area contributed by atoms with Gasteiger partial charge in [-0.05, 0) is 113 Å². The first-order valence-electron chi connectivity index (χ1n) is 22.3. The average Bonchev–Trinajstić information content (AvgIpc) is 3.75. The van der Waals surface area contributed by atoms with Crippen LogP contribution in [-0.2, 0) is 14.4 Å². The number of hydrogen-bond donors (Lipinski definition) is 2. The molecule has 322 valence electrons. The monoisotopic (exact) mass is 812 g/mol. The summed E-state index contributed by atoms with van der Waals surface area (Å²) in [5, 5.41) is 24.8. The highest BCUT2D eigenvalue weighted by Gasteiger charge is 2.65. The van der Waals surface area contributed by atoms with Crippen molar-refractivity contribution in [2.75, 3.05) is 26.4 Å². The quantitative estimate of drug-likeness (QED) is 0.0552. The molecule has 4 aliphatic rings. The summed E-state index contributed by atoms with van der Waals surface area (Å²) < 4.78 is 21.0. The lowest BCUT2D eigenvalue weighted by Gasteiger charge is -2.60. The Morgan fingerprint density at radius 1 is 1.02 bits per heavy atom. The molecule has 0 aromatic heterocycles.